The third-order valence-electron chi connectivity index (χ3n) is 3.89. The van der Waals surface area contributed by atoms with E-state index < -0.39 is 18.1 Å². The molecule has 0 fully saturated rings. The third kappa shape index (κ3) is 16.6. The molecule has 0 aromatic rings. The Kier molecular flexibility index (Phi) is 18.0. The van der Waals surface area contributed by atoms with Gasteiger partial charge in [0.15, 0.2) is 0 Å². The summed E-state index contributed by atoms with van der Waals surface area (Å²) >= 11 is 1.29. The summed E-state index contributed by atoms with van der Waals surface area (Å²) in [6.07, 6.45) is 13.6. The van der Waals surface area contributed by atoms with Gasteiger partial charge in [0.05, 0.1) is 12.5 Å². The number of hydrogen-bond donors (Lipinski definition) is 3. The minimum Gasteiger partial charge on any atom is -0.480 e. The molecule has 29 heavy (non-hydrogen) atoms. The van der Waals surface area contributed by atoms with Gasteiger partial charge in [-0.3, -0.25) is 4.79 Å². The van der Waals surface area contributed by atoms with Crippen LogP contribution in [0, 0.1) is 23.7 Å². The first-order valence-electron chi connectivity index (χ1n) is 10.0. The Morgan fingerprint density at radius 3 is 2.66 bits per heavy atom. The van der Waals surface area contributed by atoms with E-state index in [0.29, 0.717) is 25.7 Å². The van der Waals surface area contributed by atoms with Crippen molar-refractivity contribution < 1.29 is 19.8 Å². The SMILES string of the molecule is CCCCCC#CCC#C/C=C/C=C/[C@@H](SC[C@H](N)C(=O)O)[C@@H](O)CCCC=O. The molecule has 0 aliphatic carbocycles. The summed E-state index contributed by atoms with van der Waals surface area (Å²) < 4.78 is 0. The number of rotatable bonds is 14. The van der Waals surface area contributed by atoms with Gasteiger partial charge < -0.3 is 20.7 Å². The predicted octanol–water partition coefficient (Wildman–Crippen LogP) is 3.32. The van der Waals surface area contributed by atoms with Crippen LogP contribution in [-0.2, 0) is 9.59 Å². The molecule has 3 atom stereocenters. The zero-order chi connectivity index (χ0) is 21.7. The van der Waals surface area contributed by atoms with Crippen LogP contribution in [-0.4, -0.2) is 45.6 Å². The minimum absolute atomic E-state index is 0.190. The molecule has 0 saturated carbocycles. The second kappa shape index (κ2) is 19.3. The third-order valence-corrected chi connectivity index (χ3v) is 5.29. The smallest absolute Gasteiger partial charge is 0.321 e. The number of aliphatic carboxylic acids is 1. The number of unbranched alkanes of at least 4 members (excludes halogenated alkanes) is 4. The van der Waals surface area contributed by atoms with E-state index in [1.807, 2.05) is 0 Å². The lowest BCUT2D eigenvalue weighted by atomic mass is 10.1. The first-order valence-corrected chi connectivity index (χ1v) is 11.1. The summed E-state index contributed by atoms with van der Waals surface area (Å²) in [5.41, 5.74) is 5.54. The van der Waals surface area contributed by atoms with Crippen LogP contribution in [0.5, 0.6) is 0 Å². The van der Waals surface area contributed by atoms with Crippen molar-refractivity contribution in [2.75, 3.05) is 5.75 Å². The summed E-state index contributed by atoms with van der Waals surface area (Å²) in [6.45, 7) is 2.17. The second-order valence-electron chi connectivity index (χ2n) is 6.46. The fourth-order valence-electron chi connectivity index (χ4n) is 2.20. The number of allylic oxidation sites excluding steroid dienone is 3. The molecule has 0 unspecified atom stereocenters. The van der Waals surface area contributed by atoms with E-state index in [2.05, 4.69) is 30.6 Å². The Labute approximate surface area is 179 Å². The van der Waals surface area contributed by atoms with Crippen LogP contribution in [0.3, 0.4) is 0 Å². The number of carbonyl (C=O) groups excluding carboxylic acids is 1. The van der Waals surface area contributed by atoms with Gasteiger partial charge in [0.25, 0.3) is 0 Å². The number of aldehydes is 1. The molecule has 0 rings (SSSR count). The van der Waals surface area contributed by atoms with E-state index in [1.165, 1.54) is 24.6 Å². The normalized spacial score (nSPS) is 13.9. The van der Waals surface area contributed by atoms with Crippen LogP contribution in [0.15, 0.2) is 24.3 Å². The Morgan fingerprint density at radius 1 is 1.17 bits per heavy atom. The highest BCUT2D eigenvalue weighted by Gasteiger charge is 2.20. The van der Waals surface area contributed by atoms with E-state index in [4.69, 9.17) is 10.8 Å². The molecule has 0 spiro atoms. The van der Waals surface area contributed by atoms with Gasteiger partial charge in [-0.15, -0.1) is 17.7 Å². The molecule has 0 aliphatic heterocycles. The topological polar surface area (TPSA) is 101 Å². The fourth-order valence-corrected chi connectivity index (χ4v) is 3.33. The number of nitrogens with two attached hydrogens (primary N) is 1. The van der Waals surface area contributed by atoms with Crippen molar-refractivity contribution in [3.05, 3.63) is 24.3 Å². The lowest BCUT2D eigenvalue weighted by molar-refractivity contribution is -0.137. The lowest BCUT2D eigenvalue weighted by Crippen LogP contribution is -2.34. The number of hydrogen-bond acceptors (Lipinski definition) is 5. The largest absolute Gasteiger partial charge is 0.480 e. The van der Waals surface area contributed by atoms with Gasteiger partial charge in [0, 0.05) is 23.8 Å². The molecule has 160 valence electrons. The molecule has 0 saturated heterocycles. The molecule has 0 heterocycles. The molecule has 0 aromatic carbocycles. The quantitative estimate of drug-likeness (QED) is 0.173. The van der Waals surface area contributed by atoms with Crippen molar-refractivity contribution in [2.45, 2.75) is 75.7 Å². The van der Waals surface area contributed by atoms with Crippen molar-refractivity contribution in [3.8, 4) is 23.7 Å². The van der Waals surface area contributed by atoms with Gasteiger partial charge in [0.2, 0.25) is 0 Å². The summed E-state index contributed by atoms with van der Waals surface area (Å²) in [7, 11) is 0. The Morgan fingerprint density at radius 2 is 1.97 bits per heavy atom. The number of carboxylic acid groups (broad SMARTS) is 1. The van der Waals surface area contributed by atoms with Crippen molar-refractivity contribution in [1.82, 2.24) is 0 Å². The average Bonchev–Trinajstić information content (AvgIpc) is 2.70. The number of aliphatic hydroxyl groups excluding tert-OH is 1. The van der Waals surface area contributed by atoms with Crippen molar-refractivity contribution in [2.24, 2.45) is 5.73 Å². The molecule has 0 aromatic heterocycles. The van der Waals surface area contributed by atoms with E-state index in [9.17, 15) is 14.7 Å². The molecule has 0 bridgehead atoms. The molecule has 6 heteroatoms. The zero-order valence-corrected chi connectivity index (χ0v) is 18.0. The van der Waals surface area contributed by atoms with E-state index in [-0.39, 0.29) is 11.0 Å². The summed E-state index contributed by atoms with van der Waals surface area (Å²) in [5, 5.41) is 18.9. The number of carboxylic acids is 1. The van der Waals surface area contributed by atoms with Gasteiger partial charge in [0.1, 0.15) is 12.3 Å². The molecule has 4 N–H and O–H groups in total. The zero-order valence-electron chi connectivity index (χ0n) is 17.2. The average molecular weight is 420 g/mol. The summed E-state index contributed by atoms with van der Waals surface area (Å²) in [6, 6.07) is -0.984. The van der Waals surface area contributed by atoms with Gasteiger partial charge in [-0.05, 0) is 25.3 Å². The minimum atomic E-state index is -1.07. The highest BCUT2D eigenvalue weighted by molar-refractivity contribution is 8.00. The van der Waals surface area contributed by atoms with Gasteiger partial charge >= 0.3 is 5.97 Å². The maximum Gasteiger partial charge on any atom is 0.321 e. The predicted molar refractivity (Wildman–Crippen MR) is 120 cm³/mol. The first kappa shape index (κ1) is 27.0. The Balaban J connectivity index is 4.53. The molecule has 0 aliphatic rings. The maximum atomic E-state index is 10.9. The van der Waals surface area contributed by atoms with Crippen LogP contribution < -0.4 is 5.73 Å². The van der Waals surface area contributed by atoms with Crippen molar-refractivity contribution in [3.63, 3.8) is 0 Å². The van der Waals surface area contributed by atoms with Gasteiger partial charge in [-0.1, -0.05) is 55.8 Å². The van der Waals surface area contributed by atoms with Crippen LogP contribution in [0.1, 0.15) is 58.3 Å². The first-order chi connectivity index (χ1) is 14.0. The number of carbonyl (C=O) groups is 2. The second-order valence-corrected chi connectivity index (χ2v) is 7.67. The van der Waals surface area contributed by atoms with Crippen LogP contribution in [0.4, 0.5) is 0 Å². The van der Waals surface area contributed by atoms with Crippen LogP contribution in [0.2, 0.25) is 0 Å². The van der Waals surface area contributed by atoms with Crippen LogP contribution >= 0.6 is 11.8 Å². The number of thioether (sulfide) groups is 1. The van der Waals surface area contributed by atoms with E-state index >= 15 is 0 Å². The van der Waals surface area contributed by atoms with Crippen LogP contribution in [0.25, 0.3) is 0 Å². The Hall–Kier alpha value is -1.99. The summed E-state index contributed by atoms with van der Waals surface area (Å²) in [4.78, 5) is 21.3. The van der Waals surface area contributed by atoms with Crippen molar-refractivity contribution in [1.29, 1.82) is 0 Å². The van der Waals surface area contributed by atoms with Gasteiger partial charge in [-0.25, -0.2) is 0 Å². The van der Waals surface area contributed by atoms with Gasteiger partial charge in [-0.2, -0.15) is 0 Å². The summed E-state index contributed by atoms with van der Waals surface area (Å²) in [5.74, 6) is 11.1. The number of aliphatic hydroxyl groups is 1. The maximum absolute atomic E-state index is 10.9. The molecular formula is C23H33NO4S. The van der Waals surface area contributed by atoms with E-state index in [0.717, 1.165) is 19.1 Å². The molecule has 5 nitrogen and oxygen atoms in total. The lowest BCUT2D eigenvalue weighted by Gasteiger charge is -2.20. The standard InChI is InChI=1S/C23H33NO4S/c1-2-3-4-5-6-7-8-9-10-11-12-13-17-22(21(26)16-14-15-18-25)29-19-20(24)23(27)28/h11-13,17-18,20-22,26H,2-5,8,14-16,19,24H2,1H3,(H,27,28)/b12-11+,17-13+/t20-,21-,22+/m0/s1. The fraction of sp³-hybridized carbons (Fsp3) is 0.565. The molecule has 0 amide bonds. The van der Waals surface area contributed by atoms with Crippen molar-refractivity contribution >= 4 is 24.0 Å². The highest BCUT2D eigenvalue weighted by Crippen LogP contribution is 2.21. The molecular weight excluding hydrogens is 386 g/mol. The highest BCUT2D eigenvalue weighted by atomic mass is 32.2. The van der Waals surface area contributed by atoms with E-state index in [1.54, 1.807) is 24.3 Å². The Bertz CT molecular complexity index is 637. The monoisotopic (exact) mass is 419 g/mol. The molecule has 0 radical (unpaired) electrons.